The molecule has 2 fully saturated rings. The van der Waals surface area contributed by atoms with Crippen LogP contribution in [-0.2, 0) is 28.5 Å². The van der Waals surface area contributed by atoms with Gasteiger partial charge in [-0.1, -0.05) is 19.6 Å². The lowest BCUT2D eigenvalue weighted by atomic mass is 9.86. The Morgan fingerprint density at radius 2 is 2.00 bits per heavy atom. The number of carboxylic acids is 1. The topological polar surface area (TPSA) is 104 Å². The first-order valence-corrected chi connectivity index (χ1v) is 8.18. The number of carbonyl (C=O) groups is 1. The summed E-state index contributed by atoms with van der Waals surface area (Å²) in [4.78, 5) is 11.1. The Kier molecular flexibility index (Phi) is 9.22. The van der Waals surface area contributed by atoms with Gasteiger partial charge in [-0.2, -0.15) is 0 Å². The Labute approximate surface area is 156 Å². The lowest BCUT2D eigenvalue weighted by Crippen LogP contribution is -2.64. The summed E-state index contributed by atoms with van der Waals surface area (Å²) in [5.41, 5.74) is 0. The first kappa shape index (κ1) is 23.1. The summed E-state index contributed by atoms with van der Waals surface area (Å²) in [5, 5.41) is 19.8. The van der Waals surface area contributed by atoms with Crippen LogP contribution in [0.4, 0.5) is 0 Å². The summed E-state index contributed by atoms with van der Waals surface area (Å²) >= 11 is 0. The molecule has 3 aliphatic rings. The predicted octanol–water partition coefficient (Wildman–Crippen LogP) is 0.336. The van der Waals surface area contributed by atoms with Crippen molar-refractivity contribution in [1.82, 2.24) is 0 Å². The van der Waals surface area contributed by atoms with Gasteiger partial charge in [0.25, 0.3) is 0 Å². The standard InChI is InChI=1S/C16H24O8.CH4.B/c1-20-8-22-10-6-12-16(24-11(10)7-13(17)18)14(19)15-9(23-12)4-2-3-5-21-15;;/h2-3,9-12,14-16,19H,4-8H2,1H3,(H,17,18);1H4;/t9-,10-,11+,12+,14+,15-,16+;;/m0../s1. The number of aliphatic hydroxyl groups is 1. The van der Waals surface area contributed by atoms with Crippen LogP contribution in [0, 0.1) is 0 Å². The van der Waals surface area contributed by atoms with Gasteiger partial charge in [-0.25, -0.2) is 0 Å². The second-order valence-electron chi connectivity index (χ2n) is 6.29. The molecule has 0 aromatic carbocycles. The minimum absolute atomic E-state index is 0. The van der Waals surface area contributed by atoms with Crippen molar-refractivity contribution >= 4 is 14.4 Å². The van der Waals surface area contributed by atoms with E-state index in [4.69, 9.17) is 28.8 Å². The summed E-state index contributed by atoms with van der Waals surface area (Å²) in [6, 6.07) is 0. The van der Waals surface area contributed by atoms with E-state index < -0.39 is 36.5 Å². The van der Waals surface area contributed by atoms with Crippen LogP contribution >= 0.6 is 0 Å². The van der Waals surface area contributed by atoms with E-state index >= 15 is 0 Å². The fraction of sp³-hybridized carbons (Fsp3) is 0.824. The SMILES string of the molecule is C.COCO[C@H]1C[C@H]2O[C@H]3CC=CCO[C@@H]3[C@@H](O)[C@@H]2O[C@@H]1CC(=O)O.[B]. The van der Waals surface area contributed by atoms with E-state index in [1.807, 2.05) is 12.2 Å². The third-order valence-corrected chi connectivity index (χ3v) is 4.66. The highest BCUT2D eigenvalue weighted by Gasteiger charge is 2.51. The van der Waals surface area contributed by atoms with Crippen LogP contribution in [0.1, 0.15) is 26.7 Å². The smallest absolute Gasteiger partial charge is 0.306 e. The van der Waals surface area contributed by atoms with E-state index in [1.54, 1.807) is 0 Å². The molecule has 7 atom stereocenters. The lowest BCUT2D eigenvalue weighted by molar-refractivity contribution is -0.293. The van der Waals surface area contributed by atoms with Crippen molar-refractivity contribution in [3.8, 4) is 0 Å². The molecular weight excluding hydrogens is 343 g/mol. The predicted molar refractivity (Wildman–Crippen MR) is 92.9 cm³/mol. The van der Waals surface area contributed by atoms with E-state index in [0.717, 1.165) is 0 Å². The number of aliphatic carboxylic acids is 1. The van der Waals surface area contributed by atoms with E-state index in [0.29, 0.717) is 19.4 Å². The van der Waals surface area contributed by atoms with E-state index in [2.05, 4.69) is 0 Å². The molecule has 0 bridgehead atoms. The van der Waals surface area contributed by atoms with E-state index in [1.165, 1.54) is 7.11 Å². The van der Waals surface area contributed by atoms with Crippen LogP contribution in [0.25, 0.3) is 0 Å². The number of hydrogen-bond acceptors (Lipinski definition) is 7. The van der Waals surface area contributed by atoms with Gasteiger partial charge in [-0.15, -0.1) is 0 Å². The molecule has 3 heterocycles. The molecule has 0 aromatic heterocycles. The van der Waals surface area contributed by atoms with Crippen LogP contribution in [0.3, 0.4) is 0 Å². The normalized spacial score (nSPS) is 38.8. The van der Waals surface area contributed by atoms with Gasteiger partial charge in [0.1, 0.15) is 25.1 Å². The fourth-order valence-corrected chi connectivity index (χ4v) is 3.58. The molecule has 0 aromatic rings. The largest absolute Gasteiger partial charge is 0.481 e. The number of aliphatic hydroxyl groups excluding tert-OH is 1. The Morgan fingerprint density at radius 3 is 2.69 bits per heavy atom. The van der Waals surface area contributed by atoms with Crippen molar-refractivity contribution in [3.63, 3.8) is 0 Å². The molecule has 3 aliphatic heterocycles. The molecule has 147 valence electrons. The molecule has 3 radical (unpaired) electrons. The number of ether oxygens (including phenoxy) is 5. The van der Waals surface area contributed by atoms with Crippen molar-refractivity contribution in [2.45, 2.75) is 69.4 Å². The molecule has 0 amide bonds. The minimum Gasteiger partial charge on any atom is -0.481 e. The van der Waals surface area contributed by atoms with E-state index in [-0.39, 0.29) is 41.3 Å². The maximum absolute atomic E-state index is 11.1. The van der Waals surface area contributed by atoms with Crippen molar-refractivity contribution in [3.05, 3.63) is 12.2 Å². The maximum atomic E-state index is 11.1. The number of carboxylic acid groups (broad SMARTS) is 1. The number of rotatable bonds is 5. The highest BCUT2D eigenvalue weighted by atomic mass is 16.7. The number of methoxy groups -OCH3 is 1. The zero-order chi connectivity index (χ0) is 17.1. The van der Waals surface area contributed by atoms with Crippen molar-refractivity contribution in [2.75, 3.05) is 20.5 Å². The molecule has 9 heteroatoms. The van der Waals surface area contributed by atoms with Crippen LogP contribution < -0.4 is 0 Å². The van der Waals surface area contributed by atoms with Gasteiger partial charge >= 0.3 is 5.97 Å². The zero-order valence-corrected chi connectivity index (χ0v) is 14.2. The molecule has 0 saturated carbocycles. The van der Waals surface area contributed by atoms with Crippen LogP contribution in [-0.4, -0.2) is 87.8 Å². The first-order valence-electron chi connectivity index (χ1n) is 8.18. The Balaban J connectivity index is 0.00000169. The molecule has 26 heavy (non-hydrogen) atoms. The van der Waals surface area contributed by atoms with Gasteiger partial charge in [0.05, 0.1) is 37.4 Å². The summed E-state index contributed by atoms with van der Waals surface area (Å²) in [6.45, 7) is 0.457. The molecule has 8 nitrogen and oxygen atoms in total. The highest BCUT2D eigenvalue weighted by molar-refractivity contribution is 5.75. The summed E-state index contributed by atoms with van der Waals surface area (Å²) in [7, 11) is 1.50. The average molecular weight is 371 g/mol. The third kappa shape index (κ3) is 5.06. The Bertz CT molecular complexity index is 474. The van der Waals surface area contributed by atoms with Gasteiger partial charge in [-0.3, -0.25) is 4.79 Å². The van der Waals surface area contributed by atoms with Crippen molar-refractivity contribution in [2.24, 2.45) is 0 Å². The van der Waals surface area contributed by atoms with Gasteiger partial charge in [0.15, 0.2) is 0 Å². The first-order chi connectivity index (χ1) is 11.6. The molecule has 0 unspecified atom stereocenters. The van der Waals surface area contributed by atoms with Gasteiger partial charge in [0.2, 0.25) is 0 Å². The zero-order valence-electron chi connectivity index (χ0n) is 14.2. The Morgan fingerprint density at radius 1 is 1.23 bits per heavy atom. The third-order valence-electron chi connectivity index (χ3n) is 4.66. The second kappa shape index (κ2) is 10.4. The van der Waals surface area contributed by atoms with Crippen LogP contribution in [0.15, 0.2) is 12.2 Å². The number of hydrogen-bond donors (Lipinski definition) is 2. The van der Waals surface area contributed by atoms with Crippen LogP contribution in [0.2, 0.25) is 0 Å². The quantitative estimate of drug-likeness (QED) is 0.405. The molecule has 3 rings (SSSR count). The lowest BCUT2D eigenvalue weighted by Gasteiger charge is -2.49. The summed E-state index contributed by atoms with van der Waals surface area (Å²) in [5.74, 6) is -0.983. The highest BCUT2D eigenvalue weighted by Crippen LogP contribution is 2.36. The minimum atomic E-state index is -0.983. The van der Waals surface area contributed by atoms with Crippen LogP contribution in [0.5, 0.6) is 0 Å². The fourth-order valence-electron chi connectivity index (χ4n) is 3.58. The summed E-state index contributed by atoms with van der Waals surface area (Å²) in [6.07, 6.45) is 1.04. The van der Waals surface area contributed by atoms with Gasteiger partial charge < -0.3 is 33.9 Å². The van der Waals surface area contributed by atoms with Gasteiger partial charge in [-0.05, 0) is 6.42 Å². The molecule has 2 saturated heterocycles. The molecule has 2 N–H and O–H groups in total. The number of fused-ring (bicyclic) bond motifs is 2. The second-order valence-corrected chi connectivity index (χ2v) is 6.29. The molecule has 0 aliphatic carbocycles. The molecular formula is C17H28BO8. The molecule has 0 spiro atoms. The Hall–Kier alpha value is -0.965. The van der Waals surface area contributed by atoms with Gasteiger partial charge in [0, 0.05) is 21.9 Å². The van der Waals surface area contributed by atoms with Crippen molar-refractivity contribution < 1.29 is 38.7 Å². The monoisotopic (exact) mass is 371 g/mol. The van der Waals surface area contributed by atoms with Crippen molar-refractivity contribution in [1.29, 1.82) is 0 Å². The summed E-state index contributed by atoms with van der Waals surface area (Å²) < 4.78 is 28.1. The average Bonchev–Trinajstić information content (AvgIpc) is 2.79. The van der Waals surface area contributed by atoms with E-state index in [9.17, 15) is 9.90 Å². The maximum Gasteiger partial charge on any atom is 0.306 e.